The third-order valence-corrected chi connectivity index (χ3v) is 5.82. The monoisotopic (exact) mass is 364 g/mol. The first-order valence-electron chi connectivity index (χ1n) is 12.0. The van der Waals surface area contributed by atoms with Crippen LogP contribution in [0.5, 0.6) is 0 Å². The zero-order valence-electron chi connectivity index (χ0n) is 18.4. The molecular formula is C24H48N2. The molecule has 0 radical (unpaired) electrons. The van der Waals surface area contributed by atoms with Crippen LogP contribution in [0, 0.1) is 0 Å². The smallest absolute Gasteiger partial charge is 0.101 e. The van der Waals surface area contributed by atoms with E-state index in [0.717, 1.165) is 0 Å². The van der Waals surface area contributed by atoms with Crippen molar-refractivity contribution in [2.24, 2.45) is 0 Å². The molecule has 2 heteroatoms. The fraction of sp³-hybridized carbons (Fsp3) is 0.917. The van der Waals surface area contributed by atoms with E-state index >= 15 is 0 Å². The predicted molar refractivity (Wildman–Crippen MR) is 117 cm³/mol. The first kappa shape index (κ1) is 23.4. The van der Waals surface area contributed by atoms with Gasteiger partial charge in [0.25, 0.3) is 0 Å². The van der Waals surface area contributed by atoms with Gasteiger partial charge in [-0.1, -0.05) is 97.8 Å². The second-order valence-corrected chi connectivity index (χ2v) is 8.29. The summed E-state index contributed by atoms with van der Waals surface area (Å²) in [5.41, 5.74) is 0. The Kier molecular flexibility index (Phi) is 14.8. The van der Waals surface area contributed by atoms with Crippen molar-refractivity contribution in [3.05, 3.63) is 12.4 Å². The van der Waals surface area contributed by atoms with E-state index in [9.17, 15) is 0 Å². The third kappa shape index (κ3) is 10.5. The molecular weight excluding hydrogens is 316 g/mol. The lowest BCUT2D eigenvalue weighted by Gasteiger charge is -2.33. The van der Waals surface area contributed by atoms with E-state index in [1.165, 1.54) is 116 Å². The molecule has 1 aliphatic heterocycles. The van der Waals surface area contributed by atoms with E-state index in [0.29, 0.717) is 6.17 Å². The van der Waals surface area contributed by atoms with Crippen LogP contribution in [-0.4, -0.2) is 29.1 Å². The van der Waals surface area contributed by atoms with E-state index in [2.05, 4.69) is 43.0 Å². The summed E-state index contributed by atoms with van der Waals surface area (Å²) in [6.45, 7) is 9.40. The molecule has 0 saturated heterocycles. The van der Waals surface area contributed by atoms with Crippen LogP contribution < -0.4 is 0 Å². The molecule has 1 unspecified atom stereocenters. The van der Waals surface area contributed by atoms with Crippen molar-refractivity contribution in [1.29, 1.82) is 0 Å². The molecule has 1 aliphatic rings. The van der Waals surface area contributed by atoms with Crippen LogP contribution >= 0.6 is 0 Å². The summed E-state index contributed by atoms with van der Waals surface area (Å²) in [5.74, 6) is 0. The van der Waals surface area contributed by atoms with Gasteiger partial charge in [-0.3, -0.25) is 0 Å². The molecule has 0 bridgehead atoms. The molecule has 2 nitrogen and oxygen atoms in total. The van der Waals surface area contributed by atoms with E-state index in [1.807, 2.05) is 0 Å². The van der Waals surface area contributed by atoms with Crippen LogP contribution in [0.25, 0.3) is 0 Å². The largest absolute Gasteiger partial charge is 0.356 e. The summed E-state index contributed by atoms with van der Waals surface area (Å²) < 4.78 is 0. The fourth-order valence-corrected chi connectivity index (χ4v) is 4.04. The fourth-order valence-electron chi connectivity index (χ4n) is 4.04. The van der Waals surface area contributed by atoms with Gasteiger partial charge < -0.3 is 9.80 Å². The minimum absolute atomic E-state index is 0.646. The molecule has 0 spiro atoms. The molecule has 0 aromatic heterocycles. The van der Waals surface area contributed by atoms with Crippen molar-refractivity contribution >= 4 is 0 Å². The highest BCUT2D eigenvalue weighted by molar-refractivity contribution is 4.96. The quantitative estimate of drug-likeness (QED) is 0.230. The Morgan fingerprint density at radius 2 is 0.923 bits per heavy atom. The topological polar surface area (TPSA) is 6.48 Å². The van der Waals surface area contributed by atoms with Gasteiger partial charge in [0, 0.05) is 25.5 Å². The van der Waals surface area contributed by atoms with Crippen molar-refractivity contribution in [3.63, 3.8) is 0 Å². The zero-order valence-corrected chi connectivity index (χ0v) is 18.4. The van der Waals surface area contributed by atoms with Crippen LogP contribution in [0.3, 0.4) is 0 Å². The minimum atomic E-state index is 0.646. The molecule has 154 valence electrons. The van der Waals surface area contributed by atoms with Gasteiger partial charge in [-0.15, -0.1) is 0 Å². The van der Waals surface area contributed by atoms with Gasteiger partial charge >= 0.3 is 0 Å². The Morgan fingerprint density at radius 1 is 0.500 bits per heavy atom. The van der Waals surface area contributed by atoms with Crippen LogP contribution in [-0.2, 0) is 0 Å². The summed E-state index contributed by atoms with van der Waals surface area (Å²) in [6.07, 6.45) is 27.7. The van der Waals surface area contributed by atoms with Crippen molar-refractivity contribution < 1.29 is 0 Å². The Labute approximate surface area is 165 Å². The van der Waals surface area contributed by atoms with Crippen molar-refractivity contribution in [2.75, 3.05) is 13.1 Å². The summed E-state index contributed by atoms with van der Waals surface area (Å²) in [4.78, 5) is 5.27. The molecule has 0 saturated carbocycles. The molecule has 0 aliphatic carbocycles. The molecule has 0 fully saturated rings. The van der Waals surface area contributed by atoms with Crippen LogP contribution in [0.15, 0.2) is 12.4 Å². The van der Waals surface area contributed by atoms with Gasteiger partial charge in [-0.2, -0.15) is 0 Å². The molecule has 26 heavy (non-hydrogen) atoms. The molecule has 1 heterocycles. The van der Waals surface area contributed by atoms with Crippen LogP contribution in [0.1, 0.15) is 124 Å². The van der Waals surface area contributed by atoms with Crippen LogP contribution in [0.4, 0.5) is 0 Å². The number of hydrogen-bond donors (Lipinski definition) is 0. The SMILES string of the molecule is CCCCCCCCCC1N(CCCC)C=CN1CCCCCCCC. The average Bonchev–Trinajstić information content (AvgIpc) is 3.04. The van der Waals surface area contributed by atoms with Gasteiger partial charge in [-0.25, -0.2) is 0 Å². The van der Waals surface area contributed by atoms with Gasteiger partial charge in [0.15, 0.2) is 0 Å². The lowest BCUT2D eigenvalue weighted by Crippen LogP contribution is -2.39. The molecule has 0 aromatic rings. The van der Waals surface area contributed by atoms with Gasteiger partial charge in [0.2, 0.25) is 0 Å². The van der Waals surface area contributed by atoms with Crippen molar-refractivity contribution in [2.45, 2.75) is 130 Å². The summed E-state index contributed by atoms with van der Waals surface area (Å²) in [7, 11) is 0. The first-order valence-corrected chi connectivity index (χ1v) is 12.0. The van der Waals surface area contributed by atoms with Gasteiger partial charge in [-0.05, 0) is 25.7 Å². The number of hydrogen-bond acceptors (Lipinski definition) is 2. The average molecular weight is 365 g/mol. The molecule has 0 amide bonds. The molecule has 0 aromatic carbocycles. The maximum atomic E-state index is 2.65. The molecule has 1 atom stereocenters. The number of rotatable bonds is 18. The van der Waals surface area contributed by atoms with Crippen molar-refractivity contribution in [3.8, 4) is 0 Å². The predicted octanol–water partition coefficient (Wildman–Crippen LogP) is 7.70. The zero-order chi connectivity index (χ0) is 18.9. The summed E-state index contributed by atoms with van der Waals surface area (Å²) >= 11 is 0. The molecule has 1 rings (SSSR count). The summed E-state index contributed by atoms with van der Waals surface area (Å²) in [5, 5.41) is 0. The molecule has 0 N–H and O–H groups in total. The highest BCUT2D eigenvalue weighted by Crippen LogP contribution is 2.23. The minimum Gasteiger partial charge on any atom is -0.356 e. The van der Waals surface area contributed by atoms with Gasteiger partial charge in [0.1, 0.15) is 6.17 Å². The number of unbranched alkanes of at least 4 members (excludes halogenated alkanes) is 12. The second-order valence-electron chi connectivity index (χ2n) is 8.29. The lowest BCUT2D eigenvalue weighted by atomic mass is 10.1. The third-order valence-electron chi connectivity index (χ3n) is 5.82. The van der Waals surface area contributed by atoms with Crippen molar-refractivity contribution in [1.82, 2.24) is 9.80 Å². The highest BCUT2D eigenvalue weighted by Gasteiger charge is 2.24. The maximum absolute atomic E-state index is 2.65. The van der Waals surface area contributed by atoms with E-state index in [1.54, 1.807) is 0 Å². The van der Waals surface area contributed by atoms with Gasteiger partial charge in [0.05, 0.1) is 0 Å². The Bertz CT molecular complexity index is 326. The first-order chi connectivity index (χ1) is 12.8. The lowest BCUT2D eigenvalue weighted by molar-refractivity contribution is 0.136. The normalized spacial score (nSPS) is 16.8. The second kappa shape index (κ2) is 16.5. The van der Waals surface area contributed by atoms with Crippen LogP contribution in [0.2, 0.25) is 0 Å². The van der Waals surface area contributed by atoms with E-state index in [4.69, 9.17) is 0 Å². The maximum Gasteiger partial charge on any atom is 0.101 e. The summed E-state index contributed by atoms with van der Waals surface area (Å²) in [6, 6.07) is 0. The Balaban J connectivity index is 2.26. The Morgan fingerprint density at radius 3 is 1.46 bits per heavy atom. The van der Waals surface area contributed by atoms with E-state index in [-0.39, 0.29) is 0 Å². The number of nitrogens with zero attached hydrogens (tertiary/aromatic N) is 2. The highest BCUT2D eigenvalue weighted by atomic mass is 15.4. The Hall–Kier alpha value is -0.660. The standard InChI is InChI=1S/C24H48N2/c1-4-7-10-12-14-15-17-19-24-25(20-9-6-3)22-23-26(24)21-18-16-13-11-8-5-2/h22-24H,4-21H2,1-3H3. The van der Waals surface area contributed by atoms with E-state index < -0.39 is 0 Å².